The quantitative estimate of drug-likeness (QED) is 0.509. The topological polar surface area (TPSA) is 39.8 Å². The second-order valence-electron chi connectivity index (χ2n) is 2.36. The van der Waals surface area contributed by atoms with Gasteiger partial charge in [0.15, 0.2) is 0 Å². The van der Waals surface area contributed by atoms with E-state index in [0.29, 0.717) is 0 Å². The Morgan fingerprint density at radius 1 is 1.22 bits per heavy atom. The van der Waals surface area contributed by atoms with Crippen LogP contribution < -0.4 is 0 Å². The van der Waals surface area contributed by atoms with Gasteiger partial charge in [0.2, 0.25) is 0 Å². The first kappa shape index (κ1) is 8.92. The zero-order chi connectivity index (χ0) is 7.11. The molecule has 0 aliphatic carbocycles. The Kier molecular flexibility index (Phi) is 5.99. The Morgan fingerprint density at radius 3 is 2.33 bits per heavy atom. The molecule has 0 aliphatic rings. The monoisotopic (exact) mass is 130 g/mol. The first-order valence-electron chi connectivity index (χ1n) is 3.51. The van der Waals surface area contributed by atoms with Crippen molar-refractivity contribution in [2.75, 3.05) is 6.61 Å². The Bertz CT molecular complexity index is 52.9. The summed E-state index contributed by atoms with van der Waals surface area (Å²) in [6, 6.07) is 0. The van der Waals surface area contributed by atoms with Crippen LogP contribution in [0.3, 0.4) is 0 Å². The summed E-state index contributed by atoms with van der Waals surface area (Å²) in [6.07, 6.45) is 2.85. The Labute approximate surface area is 56.5 Å². The predicted octanol–water partition coefficient (Wildman–Crippen LogP) is 1.80. The third kappa shape index (κ3) is 7.92. The molecular formula is C7H14O2. The van der Waals surface area contributed by atoms with Crippen LogP contribution >= 0.6 is 0 Å². The van der Waals surface area contributed by atoms with E-state index in [2.05, 4.69) is 0 Å². The van der Waals surface area contributed by atoms with Crippen LogP contribution in [0.4, 0.5) is 0 Å². The van der Waals surface area contributed by atoms with E-state index in [-0.39, 0.29) is 6.61 Å². The van der Waals surface area contributed by atoms with Crippen molar-refractivity contribution in [1.29, 1.82) is 0 Å². The van der Waals surface area contributed by atoms with Crippen molar-refractivity contribution in [3.63, 3.8) is 0 Å². The van der Waals surface area contributed by atoms with Gasteiger partial charge in [0.25, 0.3) is 0 Å². The molecule has 1 unspecified atom stereocenters. The van der Waals surface area contributed by atoms with Gasteiger partial charge in [-0.2, -0.15) is 0 Å². The van der Waals surface area contributed by atoms with Crippen LogP contribution in [0.5, 0.6) is 0 Å². The molecule has 0 saturated heterocycles. The minimum absolute atomic E-state index is 0.00718. The fourth-order valence-electron chi connectivity index (χ4n) is 0.711. The summed E-state index contributed by atoms with van der Waals surface area (Å²) in [7, 11) is 0. The van der Waals surface area contributed by atoms with Crippen molar-refractivity contribution in [3.05, 3.63) is 0 Å². The highest BCUT2D eigenvalue weighted by atomic mass is 16.3. The van der Waals surface area contributed by atoms with E-state index in [1.807, 2.05) is 0 Å². The van der Waals surface area contributed by atoms with E-state index in [9.17, 15) is 10.2 Å². The van der Waals surface area contributed by atoms with Crippen LogP contribution in [0.15, 0.2) is 0 Å². The van der Waals surface area contributed by atoms with Gasteiger partial charge in [0.05, 0.1) is 12.7 Å². The molecule has 2 nitrogen and oxygen atoms in total. The van der Waals surface area contributed by atoms with E-state index < -0.39 is 6.10 Å². The highest BCUT2D eigenvalue weighted by Crippen LogP contribution is 2.02. The summed E-state index contributed by atoms with van der Waals surface area (Å²) in [5.41, 5.74) is 0. The van der Waals surface area contributed by atoms with Crippen LogP contribution in [0.2, 0.25) is 0 Å². The molecule has 1 atom stereocenters. The third-order valence-corrected chi connectivity index (χ3v) is 1.25. The SMILES string of the molecule is CC([O])CCCCC[O]. The molecule has 0 aromatic carbocycles. The molecule has 0 heterocycles. The van der Waals surface area contributed by atoms with Crippen molar-refractivity contribution < 1.29 is 10.2 Å². The smallest absolute Gasteiger partial charge is 0.0902 e. The molecule has 9 heavy (non-hydrogen) atoms. The minimum atomic E-state index is -0.448. The predicted molar refractivity (Wildman–Crippen MR) is 34.2 cm³/mol. The van der Waals surface area contributed by atoms with Crippen molar-refractivity contribution in [3.8, 4) is 0 Å². The molecule has 0 spiro atoms. The van der Waals surface area contributed by atoms with E-state index >= 15 is 0 Å². The fraction of sp³-hybridized carbons (Fsp3) is 1.00. The molecule has 0 bridgehead atoms. The molecule has 0 rings (SSSR count). The summed E-state index contributed by atoms with van der Waals surface area (Å²) in [5, 5.41) is 20.3. The van der Waals surface area contributed by atoms with E-state index in [0.717, 1.165) is 25.7 Å². The van der Waals surface area contributed by atoms with Gasteiger partial charge in [-0.3, -0.25) is 0 Å². The minimum Gasteiger partial charge on any atom is -0.237 e. The highest BCUT2D eigenvalue weighted by Gasteiger charge is 1.95. The second kappa shape index (κ2) is 6.05. The van der Waals surface area contributed by atoms with Crippen molar-refractivity contribution in [2.45, 2.75) is 38.7 Å². The van der Waals surface area contributed by atoms with Crippen LogP contribution in [0.1, 0.15) is 32.6 Å². The van der Waals surface area contributed by atoms with Gasteiger partial charge >= 0.3 is 0 Å². The van der Waals surface area contributed by atoms with E-state index in [4.69, 9.17) is 0 Å². The third-order valence-electron chi connectivity index (χ3n) is 1.25. The first-order valence-corrected chi connectivity index (χ1v) is 3.51. The first-order chi connectivity index (χ1) is 4.27. The highest BCUT2D eigenvalue weighted by molar-refractivity contribution is 4.46. The van der Waals surface area contributed by atoms with Crippen molar-refractivity contribution >= 4 is 0 Å². The summed E-state index contributed by atoms with van der Waals surface area (Å²) in [5.74, 6) is 0. The molecule has 2 heteroatoms. The lowest BCUT2D eigenvalue weighted by Crippen LogP contribution is -1.96. The van der Waals surface area contributed by atoms with Gasteiger partial charge in [0, 0.05) is 0 Å². The maximum Gasteiger partial charge on any atom is 0.0902 e. The van der Waals surface area contributed by atoms with E-state index in [1.165, 1.54) is 0 Å². The number of unbranched alkanes of at least 4 members (excludes halogenated alkanes) is 2. The van der Waals surface area contributed by atoms with Crippen LogP contribution in [0, 0.1) is 0 Å². The van der Waals surface area contributed by atoms with E-state index in [1.54, 1.807) is 6.92 Å². The van der Waals surface area contributed by atoms with Crippen LogP contribution in [-0.4, -0.2) is 12.7 Å². The van der Waals surface area contributed by atoms with Crippen LogP contribution in [0.25, 0.3) is 0 Å². The molecule has 0 aromatic rings. The standard InChI is InChI=1S/C7H14O2/c1-7(9)5-3-2-4-6-8/h7H,2-6H2,1H3. The zero-order valence-corrected chi connectivity index (χ0v) is 5.93. The Balaban J connectivity index is 2.75. The fourth-order valence-corrected chi connectivity index (χ4v) is 0.711. The molecule has 0 fully saturated rings. The van der Waals surface area contributed by atoms with Gasteiger partial charge < -0.3 is 0 Å². The maximum atomic E-state index is 10.4. The van der Waals surface area contributed by atoms with Gasteiger partial charge in [-0.1, -0.05) is 12.8 Å². The molecule has 0 aromatic heterocycles. The Morgan fingerprint density at radius 2 is 1.89 bits per heavy atom. The lowest BCUT2D eigenvalue weighted by atomic mass is 10.1. The molecule has 0 amide bonds. The normalized spacial score (nSPS) is 13.7. The number of rotatable bonds is 5. The molecule has 54 valence electrons. The Hall–Kier alpha value is -0.0800. The second-order valence-corrected chi connectivity index (χ2v) is 2.36. The summed E-state index contributed by atoms with van der Waals surface area (Å²) < 4.78 is 0. The number of hydrogen-bond acceptors (Lipinski definition) is 0. The van der Waals surface area contributed by atoms with Crippen molar-refractivity contribution in [2.24, 2.45) is 0 Å². The van der Waals surface area contributed by atoms with Gasteiger partial charge in [-0.15, -0.1) is 0 Å². The lowest BCUT2D eigenvalue weighted by molar-refractivity contribution is 0.0938. The van der Waals surface area contributed by atoms with Crippen molar-refractivity contribution in [1.82, 2.24) is 0 Å². The molecule has 0 aliphatic heterocycles. The zero-order valence-electron chi connectivity index (χ0n) is 5.93. The van der Waals surface area contributed by atoms with Gasteiger partial charge in [-0.25, -0.2) is 10.2 Å². The molecular weight excluding hydrogens is 116 g/mol. The van der Waals surface area contributed by atoms with Gasteiger partial charge in [0.1, 0.15) is 0 Å². The number of hydrogen-bond donors (Lipinski definition) is 0. The molecule has 0 saturated carbocycles. The summed E-state index contributed by atoms with van der Waals surface area (Å²) in [4.78, 5) is 0. The molecule has 0 N–H and O–H groups in total. The average Bonchev–Trinajstić information content (AvgIpc) is 1.80. The lowest BCUT2D eigenvalue weighted by Gasteiger charge is -1.98. The van der Waals surface area contributed by atoms with Gasteiger partial charge in [-0.05, 0) is 19.8 Å². The largest absolute Gasteiger partial charge is 0.237 e. The van der Waals surface area contributed by atoms with Crippen LogP contribution in [-0.2, 0) is 10.2 Å². The maximum absolute atomic E-state index is 10.4. The summed E-state index contributed by atoms with van der Waals surface area (Å²) in [6.45, 7) is 1.67. The summed E-state index contributed by atoms with van der Waals surface area (Å²) >= 11 is 0. The average molecular weight is 130 g/mol. The molecule has 2 radical (unpaired) electrons.